The number of nitrogens with two attached hydrogens (primary N) is 1. The third-order valence-electron chi connectivity index (χ3n) is 2.19. The van der Waals surface area contributed by atoms with Gasteiger partial charge in [0, 0.05) is 18.8 Å². The maximum Gasteiger partial charge on any atom is 0.257 e. The predicted octanol–water partition coefficient (Wildman–Crippen LogP) is 0.857. The molecule has 96 valence electrons. The van der Waals surface area contributed by atoms with Crippen LogP contribution in [0, 0.1) is 11.6 Å². The maximum absolute atomic E-state index is 12.9. The van der Waals surface area contributed by atoms with E-state index in [1.54, 1.807) is 0 Å². The lowest BCUT2D eigenvalue weighted by molar-refractivity contribution is 0.577. The first-order chi connectivity index (χ1) is 8.34. The lowest BCUT2D eigenvalue weighted by atomic mass is 10.2. The summed E-state index contributed by atoms with van der Waals surface area (Å²) in [5, 5.41) is 4.60. The minimum absolute atomic E-state index is 0.0944. The highest BCUT2D eigenvalue weighted by molar-refractivity contribution is 7.89. The molecule has 0 radical (unpaired) electrons. The van der Waals surface area contributed by atoms with Crippen molar-refractivity contribution < 1.29 is 17.2 Å². The van der Waals surface area contributed by atoms with Crippen molar-refractivity contribution >= 4 is 10.0 Å². The Morgan fingerprint density at radius 3 is 2.33 bits per heavy atom. The molecule has 0 bridgehead atoms. The molecule has 2 aromatic rings. The number of nitrogens with zero attached hydrogens (tertiary/aromatic N) is 2. The van der Waals surface area contributed by atoms with E-state index in [1.165, 1.54) is 17.1 Å². The summed E-state index contributed by atoms with van der Waals surface area (Å²) < 4.78 is 49.2. The molecule has 0 saturated heterocycles. The summed E-state index contributed by atoms with van der Waals surface area (Å²) in [6.45, 7) is 0.0944. The number of sulfonamides is 1. The van der Waals surface area contributed by atoms with Gasteiger partial charge in [0.1, 0.15) is 11.6 Å². The molecule has 0 amide bonds. The van der Waals surface area contributed by atoms with Crippen LogP contribution in [-0.4, -0.2) is 18.0 Å². The van der Waals surface area contributed by atoms with E-state index in [0.717, 1.165) is 18.2 Å². The SMILES string of the molecule is NS(=O)(=O)c1cn(Cc2cc(F)cc(F)c2)cn1. The normalized spacial score (nSPS) is 11.7. The number of benzene rings is 1. The van der Waals surface area contributed by atoms with Crippen LogP contribution >= 0.6 is 0 Å². The first-order valence-corrected chi connectivity index (χ1v) is 6.39. The largest absolute Gasteiger partial charge is 0.332 e. The molecule has 18 heavy (non-hydrogen) atoms. The summed E-state index contributed by atoms with van der Waals surface area (Å²) in [6.07, 6.45) is 2.42. The van der Waals surface area contributed by atoms with Gasteiger partial charge in [-0.2, -0.15) is 0 Å². The highest BCUT2D eigenvalue weighted by Crippen LogP contribution is 2.11. The average Bonchev–Trinajstić information content (AvgIpc) is 2.63. The van der Waals surface area contributed by atoms with Crippen molar-refractivity contribution in [3.8, 4) is 0 Å². The average molecular weight is 273 g/mol. The summed E-state index contributed by atoms with van der Waals surface area (Å²) >= 11 is 0. The van der Waals surface area contributed by atoms with Crippen LogP contribution in [0.25, 0.3) is 0 Å². The van der Waals surface area contributed by atoms with Crippen LogP contribution in [0.4, 0.5) is 8.78 Å². The fraction of sp³-hybridized carbons (Fsp3) is 0.100. The van der Waals surface area contributed by atoms with E-state index in [4.69, 9.17) is 5.14 Å². The molecule has 0 saturated carbocycles. The lowest BCUT2D eigenvalue weighted by Gasteiger charge is -2.02. The van der Waals surface area contributed by atoms with Crippen molar-refractivity contribution in [1.82, 2.24) is 9.55 Å². The van der Waals surface area contributed by atoms with Gasteiger partial charge in [-0.3, -0.25) is 0 Å². The molecule has 2 N–H and O–H groups in total. The summed E-state index contributed by atoms with van der Waals surface area (Å²) in [4.78, 5) is 3.59. The van der Waals surface area contributed by atoms with Gasteiger partial charge in [0.05, 0.1) is 6.33 Å². The molecule has 1 aromatic heterocycles. The summed E-state index contributed by atoms with van der Waals surface area (Å²) in [7, 11) is -3.87. The summed E-state index contributed by atoms with van der Waals surface area (Å²) in [5.41, 5.74) is 0.353. The molecule has 5 nitrogen and oxygen atoms in total. The minimum Gasteiger partial charge on any atom is -0.332 e. The molecular formula is C10H9F2N3O2S. The Bertz CT molecular complexity index is 662. The van der Waals surface area contributed by atoms with Crippen LogP contribution in [0.2, 0.25) is 0 Å². The van der Waals surface area contributed by atoms with E-state index in [9.17, 15) is 17.2 Å². The first-order valence-electron chi connectivity index (χ1n) is 4.84. The smallest absolute Gasteiger partial charge is 0.257 e. The van der Waals surface area contributed by atoms with Crippen molar-refractivity contribution in [2.45, 2.75) is 11.6 Å². The van der Waals surface area contributed by atoms with Gasteiger partial charge in [-0.25, -0.2) is 27.3 Å². The number of rotatable bonds is 3. The number of hydrogen-bond acceptors (Lipinski definition) is 3. The molecule has 1 aromatic carbocycles. The maximum atomic E-state index is 12.9. The van der Waals surface area contributed by atoms with Crippen LogP contribution in [-0.2, 0) is 16.6 Å². The van der Waals surface area contributed by atoms with E-state index < -0.39 is 21.7 Å². The van der Waals surface area contributed by atoms with Gasteiger partial charge in [-0.05, 0) is 17.7 Å². The van der Waals surface area contributed by atoms with Gasteiger partial charge in [0.2, 0.25) is 0 Å². The number of aromatic nitrogens is 2. The molecule has 0 unspecified atom stereocenters. The van der Waals surface area contributed by atoms with Gasteiger partial charge < -0.3 is 4.57 Å². The van der Waals surface area contributed by atoms with Gasteiger partial charge in [0.25, 0.3) is 10.0 Å². The zero-order chi connectivity index (χ0) is 13.3. The lowest BCUT2D eigenvalue weighted by Crippen LogP contribution is -2.12. The third kappa shape index (κ3) is 2.90. The summed E-state index contributed by atoms with van der Waals surface area (Å²) in [5.74, 6) is -1.39. The van der Waals surface area contributed by atoms with Gasteiger partial charge in [0.15, 0.2) is 5.03 Å². The Hall–Kier alpha value is -1.80. The predicted molar refractivity (Wildman–Crippen MR) is 59.1 cm³/mol. The van der Waals surface area contributed by atoms with Gasteiger partial charge >= 0.3 is 0 Å². The molecule has 0 fully saturated rings. The molecular weight excluding hydrogens is 264 g/mol. The minimum atomic E-state index is -3.87. The second-order valence-electron chi connectivity index (χ2n) is 3.71. The van der Waals surface area contributed by atoms with Crippen molar-refractivity contribution in [2.24, 2.45) is 5.14 Å². The van der Waals surface area contributed by atoms with Crippen LogP contribution in [0.1, 0.15) is 5.56 Å². The Morgan fingerprint density at radius 1 is 1.22 bits per heavy atom. The fourth-order valence-corrected chi connectivity index (χ4v) is 1.96. The van der Waals surface area contributed by atoms with Crippen LogP contribution < -0.4 is 5.14 Å². The molecule has 0 aliphatic rings. The molecule has 0 spiro atoms. The Labute approximate surface area is 102 Å². The van der Waals surface area contributed by atoms with E-state index in [0.29, 0.717) is 5.56 Å². The molecule has 2 rings (SSSR count). The third-order valence-corrected chi connectivity index (χ3v) is 2.98. The number of hydrogen-bond donors (Lipinski definition) is 1. The van der Waals surface area contributed by atoms with E-state index >= 15 is 0 Å². The summed E-state index contributed by atoms with van der Waals surface area (Å²) in [6, 6.07) is 3.06. The number of halogens is 2. The highest BCUT2D eigenvalue weighted by Gasteiger charge is 2.11. The van der Waals surface area contributed by atoms with Crippen LogP contribution in [0.5, 0.6) is 0 Å². The second kappa shape index (κ2) is 4.46. The second-order valence-corrected chi connectivity index (χ2v) is 5.22. The number of imidazole rings is 1. The topological polar surface area (TPSA) is 78.0 Å². The Balaban J connectivity index is 2.27. The Kier molecular flexibility index (Phi) is 3.14. The monoisotopic (exact) mass is 273 g/mol. The zero-order valence-corrected chi connectivity index (χ0v) is 9.86. The standard InChI is InChI=1S/C10H9F2N3O2S/c11-8-1-7(2-9(12)3-8)4-15-5-10(14-6-15)18(13,16)17/h1-3,5-6H,4H2,(H2,13,16,17). The quantitative estimate of drug-likeness (QED) is 0.900. The van der Waals surface area contributed by atoms with Crippen molar-refractivity contribution in [1.29, 1.82) is 0 Å². The molecule has 1 heterocycles. The first kappa shape index (κ1) is 12.7. The van der Waals surface area contributed by atoms with Gasteiger partial charge in [-0.15, -0.1) is 0 Å². The van der Waals surface area contributed by atoms with Crippen LogP contribution in [0.15, 0.2) is 35.7 Å². The van der Waals surface area contributed by atoms with Crippen molar-refractivity contribution in [3.63, 3.8) is 0 Å². The number of primary sulfonamides is 1. The molecule has 0 atom stereocenters. The molecule has 0 aliphatic carbocycles. The molecule has 8 heteroatoms. The fourth-order valence-electron chi connectivity index (χ4n) is 1.49. The van der Waals surface area contributed by atoms with Crippen molar-refractivity contribution in [3.05, 3.63) is 47.9 Å². The highest BCUT2D eigenvalue weighted by atomic mass is 32.2. The van der Waals surface area contributed by atoms with Crippen molar-refractivity contribution in [2.75, 3.05) is 0 Å². The zero-order valence-electron chi connectivity index (χ0n) is 9.05. The van der Waals surface area contributed by atoms with E-state index in [2.05, 4.69) is 4.98 Å². The van der Waals surface area contributed by atoms with E-state index in [-0.39, 0.29) is 11.6 Å². The van der Waals surface area contributed by atoms with Crippen LogP contribution in [0.3, 0.4) is 0 Å². The van der Waals surface area contributed by atoms with E-state index in [1.807, 2.05) is 0 Å². The van der Waals surface area contributed by atoms with Gasteiger partial charge in [-0.1, -0.05) is 0 Å². The Morgan fingerprint density at radius 2 is 1.83 bits per heavy atom. The molecule has 0 aliphatic heterocycles.